The number of rotatable bonds is 4. The Morgan fingerprint density at radius 2 is 1.61 bits per heavy atom. The highest BCUT2D eigenvalue weighted by Crippen LogP contribution is 2.21. The van der Waals surface area contributed by atoms with Gasteiger partial charge in [0.05, 0.1) is 0 Å². The highest BCUT2D eigenvalue weighted by Gasteiger charge is 2.24. The molecular weight excluding hydrogens is 391 g/mol. The molecule has 4 aromatic rings. The predicted molar refractivity (Wildman–Crippen MR) is 119 cm³/mol. The lowest BCUT2D eigenvalue weighted by Gasteiger charge is -2.34. The molecule has 0 spiro atoms. The number of halogens is 1. The highest BCUT2D eigenvalue weighted by molar-refractivity contribution is 5.92. The smallest absolute Gasteiger partial charge is 0.274 e. The third kappa shape index (κ3) is 3.94. The maximum atomic E-state index is 14.0. The number of carbonyl (C=O) groups is 1. The van der Waals surface area contributed by atoms with Crippen LogP contribution in [0.5, 0.6) is 0 Å². The van der Waals surface area contributed by atoms with Crippen molar-refractivity contribution < 1.29 is 9.18 Å². The standard InChI is InChI=1S/C25H23FN4O/c26-22-10-3-4-11-24(22)30-13-12-23(27-30)25(31)29-16-14-28(15-17-29)18-20-8-5-7-19-6-1-2-9-21(19)20/h1-13H,14-18H2. The summed E-state index contributed by atoms with van der Waals surface area (Å²) in [4.78, 5) is 17.1. The van der Waals surface area contributed by atoms with E-state index in [-0.39, 0.29) is 11.7 Å². The molecule has 0 radical (unpaired) electrons. The molecule has 1 aliphatic heterocycles. The van der Waals surface area contributed by atoms with Crippen LogP contribution in [0.3, 0.4) is 0 Å². The predicted octanol–water partition coefficient (Wildman–Crippen LogP) is 4.12. The van der Waals surface area contributed by atoms with Gasteiger partial charge in [-0.2, -0.15) is 5.10 Å². The summed E-state index contributed by atoms with van der Waals surface area (Å²) in [6.45, 7) is 3.78. The summed E-state index contributed by atoms with van der Waals surface area (Å²) in [6.07, 6.45) is 1.63. The largest absolute Gasteiger partial charge is 0.335 e. The molecule has 0 saturated carbocycles. The number of piperazine rings is 1. The van der Waals surface area contributed by atoms with Crippen molar-refractivity contribution >= 4 is 16.7 Å². The number of benzene rings is 3. The molecule has 1 amide bonds. The lowest BCUT2D eigenvalue weighted by molar-refractivity contribution is 0.0622. The molecule has 0 atom stereocenters. The first-order valence-electron chi connectivity index (χ1n) is 10.5. The Morgan fingerprint density at radius 3 is 2.45 bits per heavy atom. The van der Waals surface area contributed by atoms with Gasteiger partial charge in [-0.15, -0.1) is 0 Å². The zero-order valence-corrected chi connectivity index (χ0v) is 17.1. The number of hydrogen-bond acceptors (Lipinski definition) is 3. The molecule has 1 fully saturated rings. The topological polar surface area (TPSA) is 41.4 Å². The molecule has 156 valence electrons. The second-order valence-electron chi connectivity index (χ2n) is 7.80. The van der Waals surface area contributed by atoms with Crippen molar-refractivity contribution in [1.29, 1.82) is 0 Å². The van der Waals surface area contributed by atoms with Crippen LogP contribution in [0.2, 0.25) is 0 Å². The fourth-order valence-corrected chi connectivity index (χ4v) is 4.15. The fraction of sp³-hybridized carbons (Fsp3) is 0.200. The van der Waals surface area contributed by atoms with Crippen molar-refractivity contribution in [2.75, 3.05) is 26.2 Å². The average molecular weight is 414 g/mol. The van der Waals surface area contributed by atoms with Gasteiger partial charge in [0, 0.05) is 38.9 Å². The van der Waals surface area contributed by atoms with Crippen molar-refractivity contribution in [3.8, 4) is 5.69 Å². The summed E-state index contributed by atoms with van der Waals surface area (Å²) in [5.74, 6) is -0.480. The van der Waals surface area contributed by atoms with Crippen LogP contribution < -0.4 is 0 Å². The fourth-order valence-electron chi connectivity index (χ4n) is 4.15. The first-order valence-corrected chi connectivity index (χ1v) is 10.5. The van der Waals surface area contributed by atoms with Crippen LogP contribution in [0.15, 0.2) is 79.0 Å². The number of fused-ring (bicyclic) bond motifs is 1. The molecule has 1 saturated heterocycles. The average Bonchev–Trinajstić information content (AvgIpc) is 3.30. The molecule has 3 aromatic carbocycles. The Hall–Kier alpha value is -3.51. The SMILES string of the molecule is O=C(c1ccn(-c2ccccc2F)n1)N1CCN(Cc2cccc3ccccc23)CC1. The van der Waals surface area contributed by atoms with Crippen molar-refractivity contribution in [2.24, 2.45) is 0 Å². The number of para-hydroxylation sites is 1. The van der Waals surface area contributed by atoms with Crippen molar-refractivity contribution in [2.45, 2.75) is 6.54 Å². The van der Waals surface area contributed by atoms with Crippen LogP contribution in [0.1, 0.15) is 16.1 Å². The summed E-state index contributed by atoms with van der Waals surface area (Å²) in [5, 5.41) is 6.84. The van der Waals surface area contributed by atoms with E-state index in [1.54, 1.807) is 30.5 Å². The van der Waals surface area contributed by atoms with E-state index >= 15 is 0 Å². The number of amides is 1. The quantitative estimate of drug-likeness (QED) is 0.504. The van der Waals surface area contributed by atoms with E-state index < -0.39 is 0 Å². The lowest BCUT2D eigenvalue weighted by atomic mass is 10.0. The van der Waals surface area contributed by atoms with E-state index in [1.807, 2.05) is 4.90 Å². The third-order valence-electron chi connectivity index (χ3n) is 5.84. The normalized spacial score (nSPS) is 14.8. The Bertz CT molecular complexity index is 1220. The van der Waals surface area contributed by atoms with Crippen LogP contribution in [-0.2, 0) is 6.54 Å². The monoisotopic (exact) mass is 414 g/mol. The molecule has 2 heterocycles. The van der Waals surface area contributed by atoms with E-state index in [0.29, 0.717) is 24.5 Å². The first-order chi connectivity index (χ1) is 15.2. The van der Waals surface area contributed by atoms with Crippen LogP contribution in [0, 0.1) is 5.82 Å². The lowest BCUT2D eigenvalue weighted by Crippen LogP contribution is -2.48. The second-order valence-corrected chi connectivity index (χ2v) is 7.80. The van der Waals surface area contributed by atoms with Gasteiger partial charge in [-0.05, 0) is 34.5 Å². The van der Waals surface area contributed by atoms with Gasteiger partial charge in [0.25, 0.3) is 5.91 Å². The van der Waals surface area contributed by atoms with Crippen molar-refractivity contribution in [1.82, 2.24) is 19.6 Å². The van der Waals surface area contributed by atoms with Gasteiger partial charge >= 0.3 is 0 Å². The molecule has 5 nitrogen and oxygen atoms in total. The van der Waals surface area contributed by atoms with Crippen LogP contribution >= 0.6 is 0 Å². The molecular formula is C25H23FN4O. The minimum absolute atomic E-state index is 0.111. The van der Waals surface area contributed by atoms with Gasteiger partial charge in [-0.25, -0.2) is 9.07 Å². The molecule has 0 unspecified atom stereocenters. The Balaban J connectivity index is 1.24. The summed E-state index contributed by atoms with van der Waals surface area (Å²) in [7, 11) is 0. The Morgan fingerprint density at radius 1 is 0.871 bits per heavy atom. The summed E-state index contributed by atoms with van der Waals surface area (Å²) < 4.78 is 15.4. The molecule has 0 aliphatic carbocycles. The van der Waals surface area contributed by atoms with Gasteiger partial charge in [-0.3, -0.25) is 9.69 Å². The van der Waals surface area contributed by atoms with E-state index in [4.69, 9.17) is 0 Å². The van der Waals surface area contributed by atoms with Crippen LogP contribution in [-0.4, -0.2) is 51.7 Å². The Kier molecular flexibility index (Phi) is 5.22. The number of nitrogens with zero attached hydrogens (tertiary/aromatic N) is 4. The first kappa shape index (κ1) is 19.5. The molecule has 0 N–H and O–H groups in total. The maximum absolute atomic E-state index is 14.0. The molecule has 1 aromatic heterocycles. The minimum Gasteiger partial charge on any atom is -0.335 e. The zero-order chi connectivity index (χ0) is 21.2. The summed E-state index contributed by atoms with van der Waals surface area (Å²) >= 11 is 0. The summed E-state index contributed by atoms with van der Waals surface area (Å²) in [6, 6.07) is 22.9. The third-order valence-corrected chi connectivity index (χ3v) is 5.84. The van der Waals surface area contributed by atoms with Crippen LogP contribution in [0.25, 0.3) is 16.5 Å². The molecule has 1 aliphatic rings. The van der Waals surface area contributed by atoms with Gasteiger partial charge in [-0.1, -0.05) is 54.6 Å². The minimum atomic E-state index is -0.369. The van der Waals surface area contributed by atoms with E-state index in [0.717, 1.165) is 19.6 Å². The number of carbonyl (C=O) groups excluding carboxylic acids is 1. The van der Waals surface area contributed by atoms with Crippen molar-refractivity contribution in [3.05, 3.63) is 96.1 Å². The number of hydrogen-bond donors (Lipinski definition) is 0. The van der Waals surface area contributed by atoms with Gasteiger partial charge in [0.15, 0.2) is 5.69 Å². The van der Waals surface area contributed by atoms with E-state index in [1.165, 1.54) is 27.1 Å². The Labute approximate surface area is 180 Å². The van der Waals surface area contributed by atoms with Crippen molar-refractivity contribution in [3.63, 3.8) is 0 Å². The van der Waals surface area contributed by atoms with Gasteiger partial charge in [0.2, 0.25) is 0 Å². The van der Waals surface area contributed by atoms with Crippen LogP contribution in [0.4, 0.5) is 4.39 Å². The zero-order valence-electron chi connectivity index (χ0n) is 17.1. The van der Waals surface area contributed by atoms with Gasteiger partial charge in [0.1, 0.15) is 11.5 Å². The summed E-state index contributed by atoms with van der Waals surface area (Å²) in [5.41, 5.74) is 1.98. The molecule has 6 heteroatoms. The molecule has 5 rings (SSSR count). The maximum Gasteiger partial charge on any atom is 0.274 e. The number of aromatic nitrogens is 2. The van der Waals surface area contributed by atoms with E-state index in [2.05, 4.69) is 52.5 Å². The molecule has 31 heavy (non-hydrogen) atoms. The second kappa shape index (κ2) is 8.32. The van der Waals surface area contributed by atoms with E-state index in [9.17, 15) is 9.18 Å². The van der Waals surface area contributed by atoms with Gasteiger partial charge < -0.3 is 4.90 Å². The molecule has 0 bridgehead atoms. The highest BCUT2D eigenvalue weighted by atomic mass is 19.1.